The first kappa shape index (κ1) is 22.8. The van der Waals surface area contributed by atoms with Crippen molar-refractivity contribution in [2.24, 2.45) is 5.73 Å². The van der Waals surface area contributed by atoms with Crippen LogP contribution in [0.3, 0.4) is 0 Å². The molecule has 0 bridgehead atoms. The van der Waals surface area contributed by atoms with Gasteiger partial charge in [0.05, 0.1) is 0 Å². The Morgan fingerprint density at radius 2 is 1.07 bits per heavy atom. The van der Waals surface area contributed by atoms with Crippen molar-refractivity contribution in [1.29, 1.82) is 0 Å². The van der Waals surface area contributed by atoms with Crippen LogP contribution >= 0.6 is 0 Å². The molecule has 3 nitrogen and oxygen atoms in total. The first-order chi connectivity index (χ1) is 13.4. The van der Waals surface area contributed by atoms with E-state index >= 15 is 0 Å². The lowest BCUT2D eigenvalue weighted by atomic mass is 10.4. The second kappa shape index (κ2) is 21.8. The van der Waals surface area contributed by atoms with Crippen molar-refractivity contribution in [2.45, 2.75) is 12.8 Å². The monoisotopic (exact) mass is 348 g/mol. The van der Waals surface area contributed by atoms with E-state index in [9.17, 15) is 0 Å². The highest BCUT2D eigenvalue weighted by molar-refractivity contribution is 5.46. The molecule has 27 heavy (non-hydrogen) atoms. The van der Waals surface area contributed by atoms with Gasteiger partial charge in [-0.15, -0.1) is 6.42 Å². The highest BCUT2D eigenvalue weighted by atomic mass is 16.5. The number of nitrogens with two attached hydrogens (primary N) is 1. The average molecular weight is 348 g/mol. The Hall–Kier alpha value is -4.24. The van der Waals surface area contributed by atoms with E-state index in [1.807, 2.05) is 0 Å². The van der Waals surface area contributed by atoms with Crippen LogP contribution in [0.1, 0.15) is 12.8 Å². The second-order valence-corrected chi connectivity index (χ2v) is 4.22. The van der Waals surface area contributed by atoms with E-state index in [2.05, 4.69) is 106 Å². The minimum absolute atomic E-state index is 0.549. The molecule has 0 aromatic carbocycles. The van der Waals surface area contributed by atoms with Crippen molar-refractivity contribution in [1.82, 2.24) is 5.32 Å². The first-order valence-corrected chi connectivity index (χ1v) is 7.90. The predicted molar refractivity (Wildman–Crippen MR) is 108 cm³/mol. The van der Waals surface area contributed by atoms with Crippen LogP contribution in [0, 0.1) is 107 Å². The largest absolute Gasteiger partial charge is 0.446 e. The summed E-state index contributed by atoms with van der Waals surface area (Å²) in [6.07, 6.45) is 9.26. The molecule has 3 heteroatoms. The highest BCUT2D eigenvalue weighted by Crippen LogP contribution is 1.79. The van der Waals surface area contributed by atoms with Gasteiger partial charge in [0.15, 0.2) is 0 Å². The zero-order valence-corrected chi connectivity index (χ0v) is 14.8. The predicted octanol–water partition coefficient (Wildman–Crippen LogP) is -0.0506. The Morgan fingerprint density at radius 1 is 0.630 bits per heavy atom. The molecule has 0 rings (SSSR count). The van der Waals surface area contributed by atoms with Gasteiger partial charge in [0.25, 0.3) is 0 Å². The van der Waals surface area contributed by atoms with Gasteiger partial charge in [-0.1, -0.05) is 0 Å². The van der Waals surface area contributed by atoms with Gasteiger partial charge < -0.3 is 15.8 Å². The van der Waals surface area contributed by atoms with Crippen LogP contribution in [0.4, 0.5) is 0 Å². The van der Waals surface area contributed by atoms with Gasteiger partial charge in [-0.25, -0.2) is 0 Å². The van der Waals surface area contributed by atoms with Crippen LogP contribution < -0.4 is 11.1 Å². The zero-order valence-electron chi connectivity index (χ0n) is 14.8. The summed E-state index contributed by atoms with van der Waals surface area (Å²) in [4.78, 5) is 0. The molecule has 0 aromatic heterocycles. The summed E-state index contributed by atoms with van der Waals surface area (Å²) in [7, 11) is 0. The van der Waals surface area contributed by atoms with Crippen LogP contribution in [-0.2, 0) is 4.74 Å². The minimum Gasteiger partial charge on any atom is -0.446 e. The standard InChI is InChI=1S/C24H16N2O/c1-2-3-4-5-6-7-8-9-10-11-12-13-14-15-16-17-23-27-24-19-22-26-21-18-20-25/h1,26H,18-22,24-25H2. The molecule has 128 valence electrons. The van der Waals surface area contributed by atoms with E-state index in [-0.39, 0.29) is 0 Å². The van der Waals surface area contributed by atoms with E-state index < -0.39 is 0 Å². The maximum Gasteiger partial charge on any atom is 0.124 e. The summed E-state index contributed by atoms with van der Waals surface area (Å²) in [5.74, 6) is 39.5. The highest BCUT2D eigenvalue weighted by Gasteiger charge is 1.87. The molecular weight excluding hydrogens is 332 g/mol. The van der Waals surface area contributed by atoms with Gasteiger partial charge in [-0.2, -0.15) is 0 Å². The van der Waals surface area contributed by atoms with Crippen molar-refractivity contribution in [3.05, 3.63) is 0 Å². The number of hydrogen-bond donors (Lipinski definition) is 2. The first-order valence-electron chi connectivity index (χ1n) is 7.90. The van der Waals surface area contributed by atoms with E-state index in [4.69, 9.17) is 16.9 Å². The SMILES string of the molecule is C#CC#CC#CC#CC#CC#CC#CC#CC#COCCCNCCCN. The lowest BCUT2D eigenvalue weighted by Gasteiger charge is -2.01. The van der Waals surface area contributed by atoms with Crippen molar-refractivity contribution in [2.75, 3.05) is 26.2 Å². The maximum absolute atomic E-state index is 5.39. The average Bonchev–Trinajstić information content (AvgIpc) is 2.68. The summed E-state index contributed by atoms with van der Waals surface area (Å²) in [5.41, 5.74) is 5.39. The number of hydrogen-bond acceptors (Lipinski definition) is 3. The molecule has 0 aliphatic heterocycles. The number of ether oxygens (including phenoxy) is 1. The normalized spacial score (nSPS) is 6.07. The van der Waals surface area contributed by atoms with Crippen LogP contribution in [0.25, 0.3) is 0 Å². The van der Waals surface area contributed by atoms with Gasteiger partial charge in [0.1, 0.15) is 12.7 Å². The van der Waals surface area contributed by atoms with E-state index in [0.29, 0.717) is 13.2 Å². The van der Waals surface area contributed by atoms with Crippen molar-refractivity contribution < 1.29 is 4.74 Å². The van der Waals surface area contributed by atoms with E-state index in [1.165, 1.54) is 0 Å². The Bertz CT molecular complexity index is 998. The molecule has 0 fully saturated rings. The molecule has 0 radical (unpaired) electrons. The van der Waals surface area contributed by atoms with Gasteiger partial charge in [0.2, 0.25) is 0 Å². The molecule has 0 heterocycles. The Labute approximate surface area is 162 Å². The Balaban J connectivity index is 3.97. The second-order valence-electron chi connectivity index (χ2n) is 4.22. The Morgan fingerprint density at radius 3 is 1.56 bits per heavy atom. The maximum atomic E-state index is 5.39. The summed E-state index contributed by atoms with van der Waals surface area (Å²) < 4.78 is 5.10. The molecule has 0 aliphatic rings. The number of nitrogens with one attached hydrogen (secondary N) is 1. The minimum atomic E-state index is 0.549. The third-order valence-corrected chi connectivity index (χ3v) is 2.23. The fraction of sp³-hybridized carbons (Fsp3) is 0.250. The van der Waals surface area contributed by atoms with Gasteiger partial charge in [-0.3, -0.25) is 0 Å². The molecule has 0 aliphatic carbocycles. The summed E-state index contributed by atoms with van der Waals surface area (Å²) in [6.45, 7) is 3.05. The summed E-state index contributed by atoms with van der Waals surface area (Å²) in [6, 6.07) is 0. The fourth-order valence-electron chi connectivity index (χ4n) is 1.18. The lowest BCUT2D eigenvalue weighted by molar-refractivity contribution is 0.270. The van der Waals surface area contributed by atoms with Gasteiger partial charge in [0, 0.05) is 47.4 Å². The van der Waals surface area contributed by atoms with E-state index in [1.54, 1.807) is 0 Å². The summed E-state index contributed by atoms with van der Waals surface area (Å²) in [5, 5.41) is 3.24. The van der Waals surface area contributed by atoms with E-state index in [0.717, 1.165) is 25.9 Å². The topological polar surface area (TPSA) is 47.3 Å². The molecule has 3 N–H and O–H groups in total. The molecule has 0 saturated heterocycles. The fourth-order valence-corrected chi connectivity index (χ4v) is 1.18. The van der Waals surface area contributed by atoms with Crippen molar-refractivity contribution >= 4 is 0 Å². The van der Waals surface area contributed by atoms with Crippen molar-refractivity contribution in [3.8, 4) is 107 Å². The molecule has 0 amide bonds. The molecular formula is C24H16N2O. The van der Waals surface area contributed by atoms with Crippen molar-refractivity contribution in [3.63, 3.8) is 0 Å². The summed E-state index contributed by atoms with van der Waals surface area (Å²) >= 11 is 0. The zero-order chi connectivity index (χ0) is 19.7. The Kier molecular flexibility index (Phi) is 18.3. The third kappa shape index (κ3) is 21.8. The van der Waals surface area contributed by atoms with Gasteiger partial charge >= 0.3 is 0 Å². The number of terminal acetylenes is 1. The third-order valence-electron chi connectivity index (χ3n) is 2.23. The van der Waals surface area contributed by atoms with Crippen LogP contribution in [0.2, 0.25) is 0 Å². The molecule has 0 saturated carbocycles. The van der Waals surface area contributed by atoms with Gasteiger partial charge in [-0.05, 0) is 79.8 Å². The smallest absolute Gasteiger partial charge is 0.124 e. The quantitative estimate of drug-likeness (QED) is 0.501. The van der Waals surface area contributed by atoms with Crippen LogP contribution in [0.5, 0.6) is 0 Å². The molecule has 0 atom stereocenters. The molecule has 0 unspecified atom stereocenters. The molecule has 0 aromatic rings. The number of rotatable bonds is 7. The molecule has 0 spiro atoms. The van der Waals surface area contributed by atoms with Crippen LogP contribution in [-0.4, -0.2) is 26.2 Å². The lowest BCUT2D eigenvalue weighted by Crippen LogP contribution is -2.20. The van der Waals surface area contributed by atoms with Crippen LogP contribution in [0.15, 0.2) is 0 Å².